The number of halogens is 1. The Bertz CT molecular complexity index is 609. The second-order valence-corrected chi connectivity index (χ2v) is 5.29. The van der Waals surface area contributed by atoms with Crippen molar-refractivity contribution in [3.63, 3.8) is 0 Å². The molecule has 0 bridgehead atoms. The Labute approximate surface area is 106 Å². The van der Waals surface area contributed by atoms with Crippen LogP contribution in [0, 0.1) is 10.1 Å². The van der Waals surface area contributed by atoms with Crippen LogP contribution in [0.3, 0.4) is 0 Å². The zero-order chi connectivity index (χ0) is 12.0. The summed E-state index contributed by atoms with van der Waals surface area (Å²) in [7, 11) is 0. The van der Waals surface area contributed by atoms with Crippen LogP contribution in [0.2, 0.25) is 5.28 Å². The molecule has 1 aromatic carbocycles. The summed E-state index contributed by atoms with van der Waals surface area (Å²) in [5.74, 6) is 1.96. The molecule has 0 aliphatic carbocycles. The van der Waals surface area contributed by atoms with Gasteiger partial charge in [0.15, 0.2) is 0 Å². The fourth-order valence-corrected chi connectivity index (χ4v) is 2.95. The van der Waals surface area contributed by atoms with E-state index < -0.39 is 4.92 Å². The topological polar surface area (TPSA) is 61.0 Å². The number of imidazole rings is 1. The van der Waals surface area contributed by atoms with Gasteiger partial charge in [-0.2, -0.15) is 11.8 Å². The van der Waals surface area contributed by atoms with Gasteiger partial charge in [-0.15, -0.1) is 0 Å². The average molecular weight is 270 g/mol. The van der Waals surface area contributed by atoms with Crippen LogP contribution >= 0.6 is 23.4 Å². The highest BCUT2D eigenvalue weighted by molar-refractivity contribution is 8.00. The van der Waals surface area contributed by atoms with Gasteiger partial charge in [0.2, 0.25) is 5.28 Å². The summed E-state index contributed by atoms with van der Waals surface area (Å²) >= 11 is 7.91. The van der Waals surface area contributed by atoms with Gasteiger partial charge in [-0.05, 0) is 17.7 Å². The monoisotopic (exact) mass is 269 g/mol. The third kappa shape index (κ3) is 1.68. The lowest BCUT2D eigenvalue weighted by molar-refractivity contribution is -0.384. The van der Waals surface area contributed by atoms with Crippen LogP contribution in [-0.4, -0.2) is 26.0 Å². The summed E-state index contributed by atoms with van der Waals surface area (Å²) in [6.45, 7) is 0. The molecular formula is C10H8ClN3O2S. The van der Waals surface area contributed by atoms with Crippen LogP contribution in [0.25, 0.3) is 11.0 Å². The van der Waals surface area contributed by atoms with Gasteiger partial charge in [0.25, 0.3) is 5.69 Å². The highest BCUT2D eigenvalue weighted by Gasteiger charge is 2.25. The van der Waals surface area contributed by atoms with Crippen LogP contribution in [0.15, 0.2) is 18.2 Å². The van der Waals surface area contributed by atoms with Gasteiger partial charge in [0.1, 0.15) is 0 Å². The van der Waals surface area contributed by atoms with E-state index in [0.29, 0.717) is 16.8 Å². The third-order valence-corrected chi connectivity index (χ3v) is 4.33. The molecule has 88 valence electrons. The number of rotatable bonds is 2. The fourth-order valence-electron chi connectivity index (χ4n) is 1.89. The Morgan fingerprint density at radius 1 is 1.53 bits per heavy atom. The van der Waals surface area contributed by atoms with Gasteiger partial charge in [-0.3, -0.25) is 10.1 Å². The molecule has 1 saturated heterocycles. The third-order valence-electron chi connectivity index (χ3n) is 2.83. The lowest BCUT2D eigenvalue weighted by Gasteiger charge is -2.27. The maximum absolute atomic E-state index is 10.8. The molecule has 7 heteroatoms. The molecule has 1 aromatic heterocycles. The van der Waals surface area contributed by atoms with Crippen molar-refractivity contribution in [2.45, 2.75) is 6.04 Å². The molecule has 0 radical (unpaired) electrons. The Morgan fingerprint density at radius 3 is 2.88 bits per heavy atom. The number of thioether (sulfide) groups is 1. The Hall–Kier alpha value is -1.27. The second-order valence-electron chi connectivity index (χ2n) is 3.87. The molecule has 2 heterocycles. The van der Waals surface area contributed by atoms with Crippen molar-refractivity contribution in [1.29, 1.82) is 0 Å². The molecule has 0 saturated carbocycles. The first-order chi connectivity index (χ1) is 8.16. The van der Waals surface area contributed by atoms with Crippen LogP contribution in [-0.2, 0) is 0 Å². The van der Waals surface area contributed by atoms with Crippen LogP contribution in [0.5, 0.6) is 0 Å². The van der Waals surface area contributed by atoms with E-state index in [4.69, 9.17) is 11.6 Å². The molecule has 2 aromatic rings. The van der Waals surface area contributed by atoms with E-state index in [1.165, 1.54) is 12.1 Å². The maximum Gasteiger partial charge on any atom is 0.271 e. The highest BCUT2D eigenvalue weighted by atomic mass is 35.5. The van der Waals surface area contributed by atoms with Crippen LogP contribution in [0.4, 0.5) is 5.69 Å². The fraction of sp³-hybridized carbons (Fsp3) is 0.300. The summed E-state index contributed by atoms with van der Waals surface area (Å²) in [6.07, 6.45) is 0. The van der Waals surface area contributed by atoms with Gasteiger partial charge in [0.05, 0.1) is 22.0 Å². The van der Waals surface area contributed by atoms with Gasteiger partial charge >= 0.3 is 0 Å². The molecule has 3 rings (SSSR count). The zero-order valence-corrected chi connectivity index (χ0v) is 10.2. The second kappa shape index (κ2) is 3.89. The van der Waals surface area contributed by atoms with Gasteiger partial charge in [-0.1, -0.05) is 0 Å². The molecule has 0 unspecified atom stereocenters. The maximum atomic E-state index is 10.8. The molecule has 0 amide bonds. The van der Waals surface area contributed by atoms with E-state index >= 15 is 0 Å². The Kier molecular flexibility index (Phi) is 2.48. The van der Waals surface area contributed by atoms with E-state index in [9.17, 15) is 10.1 Å². The minimum atomic E-state index is -0.403. The molecule has 1 aliphatic rings. The lowest BCUT2D eigenvalue weighted by atomic mass is 10.2. The molecule has 0 spiro atoms. The van der Waals surface area contributed by atoms with Crippen molar-refractivity contribution < 1.29 is 4.92 Å². The average Bonchev–Trinajstić information content (AvgIpc) is 2.53. The largest absolute Gasteiger partial charge is 0.310 e. The van der Waals surface area contributed by atoms with E-state index in [2.05, 4.69) is 4.98 Å². The summed E-state index contributed by atoms with van der Waals surface area (Å²) in [5, 5.41) is 11.2. The molecular weight excluding hydrogens is 262 g/mol. The van der Waals surface area contributed by atoms with Crippen molar-refractivity contribution in [3.8, 4) is 0 Å². The zero-order valence-electron chi connectivity index (χ0n) is 8.67. The quantitative estimate of drug-likeness (QED) is 0.621. The molecule has 0 N–H and O–H groups in total. The number of nitro benzene ring substituents is 1. The first-order valence-corrected chi connectivity index (χ1v) is 6.59. The summed E-state index contributed by atoms with van der Waals surface area (Å²) in [6, 6.07) is 4.93. The van der Waals surface area contributed by atoms with E-state index in [-0.39, 0.29) is 5.69 Å². The van der Waals surface area contributed by atoms with Crippen molar-refractivity contribution in [1.82, 2.24) is 9.55 Å². The van der Waals surface area contributed by atoms with Gasteiger partial charge < -0.3 is 4.57 Å². The molecule has 1 fully saturated rings. The van der Waals surface area contributed by atoms with Crippen molar-refractivity contribution in [2.24, 2.45) is 0 Å². The number of fused-ring (bicyclic) bond motifs is 1. The lowest BCUT2D eigenvalue weighted by Crippen LogP contribution is -2.22. The SMILES string of the molecule is O=[N+]([O-])c1ccc2nc(Cl)n(C3CSC3)c2c1. The van der Waals surface area contributed by atoms with Gasteiger partial charge in [0, 0.05) is 23.6 Å². The van der Waals surface area contributed by atoms with E-state index in [1.807, 2.05) is 16.3 Å². The van der Waals surface area contributed by atoms with Gasteiger partial charge in [-0.25, -0.2) is 4.98 Å². The first kappa shape index (κ1) is 10.9. The highest BCUT2D eigenvalue weighted by Crippen LogP contribution is 2.35. The molecule has 1 aliphatic heterocycles. The normalized spacial score (nSPS) is 16.1. The Morgan fingerprint density at radius 2 is 2.29 bits per heavy atom. The summed E-state index contributed by atoms with van der Waals surface area (Å²) < 4.78 is 1.89. The minimum absolute atomic E-state index is 0.0716. The standard InChI is InChI=1S/C10H8ClN3O2S/c11-10-12-8-2-1-6(14(15)16)3-9(8)13(10)7-4-17-5-7/h1-3,7H,4-5H2. The van der Waals surface area contributed by atoms with E-state index in [1.54, 1.807) is 6.07 Å². The number of hydrogen-bond donors (Lipinski definition) is 0. The van der Waals surface area contributed by atoms with Crippen molar-refractivity contribution in [3.05, 3.63) is 33.6 Å². The number of non-ortho nitro benzene ring substituents is 1. The first-order valence-electron chi connectivity index (χ1n) is 5.06. The molecule has 17 heavy (non-hydrogen) atoms. The molecule has 5 nitrogen and oxygen atoms in total. The van der Waals surface area contributed by atoms with Crippen molar-refractivity contribution in [2.75, 3.05) is 11.5 Å². The predicted molar refractivity (Wildman–Crippen MR) is 67.8 cm³/mol. The number of hydrogen-bond acceptors (Lipinski definition) is 4. The molecule has 0 atom stereocenters. The van der Waals surface area contributed by atoms with Crippen molar-refractivity contribution >= 4 is 40.1 Å². The predicted octanol–water partition coefficient (Wildman–Crippen LogP) is 2.89. The number of benzene rings is 1. The smallest absolute Gasteiger partial charge is 0.271 e. The van der Waals surface area contributed by atoms with Crippen LogP contribution in [0.1, 0.15) is 6.04 Å². The minimum Gasteiger partial charge on any atom is -0.310 e. The van der Waals surface area contributed by atoms with E-state index in [0.717, 1.165) is 17.0 Å². The Balaban J connectivity index is 2.21. The summed E-state index contributed by atoms with van der Waals surface area (Å²) in [5.41, 5.74) is 1.52. The number of nitrogens with zero attached hydrogens (tertiary/aromatic N) is 3. The number of nitro groups is 1. The summed E-state index contributed by atoms with van der Waals surface area (Å²) in [4.78, 5) is 14.6. The number of aromatic nitrogens is 2. The van der Waals surface area contributed by atoms with Crippen LogP contribution < -0.4 is 0 Å².